The molecule has 1 heterocycles. The van der Waals surface area contributed by atoms with Crippen LogP contribution >= 0.6 is 36.2 Å². The standard InChI is InChI=1S/C11H12N2S.2ClH/c1-8-7-14-11(13-8)10-5-3-2-4-9(10)6-12;;/h2-5,7H,6,12H2,1H3;2*1H. The molecule has 0 amide bonds. The van der Waals surface area contributed by atoms with Gasteiger partial charge in [-0.3, -0.25) is 0 Å². The third kappa shape index (κ3) is 3.19. The lowest BCUT2D eigenvalue weighted by Gasteiger charge is -2.03. The molecule has 0 aliphatic carbocycles. The minimum atomic E-state index is 0. The van der Waals surface area contributed by atoms with E-state index in [2.05, 4.69) is 16.4 Å². The molecule has 0 aliphatic rings. The SMILES string of the molecule is Cc1csc(-c2ccccc2CN)n1.Cl.Cl. The van der Waals surface area contributed by atoms with Crippen LogP contribution in [-0.2, 0) is 6.54 Å². The molecule has 5 heteroatoms. The van der Waals surface area contributed by atoms with Crippen LogP contribution in [-0.4, -0.2) is 4.98 Å². The molecule has 88 valence electrons. The molecule has 2 N–H and O–H groups in total. The van der Waals surface area contributed by atoms with Crippen molar-refractivity contribution in [2.45, 2.75) is 13.5 Å². The summed E-state index contributed by atoms with van der Waals surface area (Å²) in [5.41, 5.74) is 9.05. The van der Waals surface area contributed by atoms with E-state index in [9.17, 15) is 0 Å². The number of hydrogen-bond donors (Lipinski definition) is 1. The van der Waals surface area contributed by atoms with Crippen LogP contribution in [0.1, 0.15) is 11.3 Å². The molecule has 0 spiro atoms. The highest BCUT2D eigenvalue weighted by molar-refractivity contribution is 7.13. The highest BCUT2D eigenvalue weighted by Crippen LogP contribution is 2.26. The molecule has 0 bridgehead atoms. The van der Waals surface area contributed by atoms with E-state index in [0.717, 1.165) is 21.8 Å². The summed E-state index contributed by atoms with van der Waals surface area (Å²) in [7, 11) is 0. The minimum Gasteiger partial charge on any atom is -0.326 e. The van der Waals surface area contributed by atoms with Crippen LogP contribution in [0.5, 0.6) is 0 Å². The van der Waals surface area contributed by atoms with Crippen molar-refractivity contribution in [2.24, 2.45) is 5.73 Å². The third-order valence-electron chi connectivity index (χ3n) is 2.09. The van der Waals surface area contributed by atoms with Crippen LogP contribution in [0, 0.1) is 6.92 Å². The van der Waals surface area contributed by atoms with Crippen LogP contribution in [0.25, 0.3) is 10.6 Å². The van der Waals surface area contributed by atoms with Crippen molar-refractivity contribution in [3.05, 3.63) is 40.9 Å². The van der Waals surface area contributed by atoms with E-state index in [0.29, 0.717) is 6.54 Å². The third-order valence-corrected chi connectivity index (χ3v) is 3.08. The Morgan fingerprint density at radius 3 is 2.50 bits per heavy atom. The fraction of sp³-hybridized carbons (Fsp3) is 0.182. The molecule has 0 radical (unpaired) electrons. The number of benzene rings is 1. The molecule has 2 aromatic rings. The van der Waals surface area contributed by atoms with Gasteiger partial charge in [-0.25, -0.2) is 4.98 Å². The predicted octanol–water partition coefficient (Wildman–Crippen LogP) is 3.42. The molecule has 1 aromatic carbocycles. The van der Waals surface area contributed by atoms with Crippen LogP contribution in [0.15, 0.2) is 29.6 Å². The second kappa shape index (κ2) is 6.86. The van der Waals surface area contributed by atoms with Crippen LogP contribution < -0.4 is 5.73 Å². The topological polar surface area (TPSA) is 38.9 Å². The molecule has 0 aliphatic heterocycles. The average Bonchev–Trinajstić information content (AvgIpc) is 2.65. The molecule has 16 heavy (non-hydrogen) atoms. The van der Waals surface area contributed by atoms with Gasteiger partial charge < -0.3 is 5.73 Å². The molecular weight excluding hydrogens is 263 g/mol. The Morgan fingerprint density at radius 2 is 1.94 bits per heavy atom. The number of nitrogens with zero attached hydrogens (tertiary/aromatic N) is 1. The molecule has 2 nitrogen and oxygen atoms in total. The zero-order valence-electron chi connectivity index (χ0n) is 8.84. The summed E-state index contributed by atoms with van der Waals surface area (Å²) in [6, 6.07) is 8.14. The first-order valence-corrected chi connectivity index (χ1v) is 5.39. The second-order valence-corrected chi connectivity index (χ2v) is 4.01. The van der Waals surface area contributed by atoms with Crippen molar-refractivity contribution in [2.75, 3.05) is 0 Å². The molecule has 2 rings (SSSR count). The number of aryl methyl sites for hydroxylation is 1. The summed E-state index contributed by atoms with van der Waals surface area (Å²) >= 11 is 1.67. The van der Waals surface area contributed by atoms with Gasteiger partial charge in [0.1, 0.15) is 5.01 Å². The van der Waals surface area contributed by atoms with E-state index in [4.69, 9.17) is 5.73 Å². The Balaban J connectivity index is 0.00000112. The number of halogens is 2. The number of hydrogen-bond acceptors (Lipinski definition) is 3. The highest BCUT2D eigenvalue weighted by Gasteiger charge is 2.05. The van der Waals surface area contributed by atoms with E-state index in [-0.39, 0.29) is 24.8 Å². The summed E-state index contributed by atoms with van der Waals surface area (Å²) in [6.45, 7) is 2.57. The quantitative estimate of drug-likeness (QED) is 0.913. The Labute approximate surface area is 112 Å². The van der Waals surface area contributed by atoms with E-state index in [1.807, 2.05) is 25.1 Å². The first-order valence-electron chi connectivity index (χ1n) is 4.51. The maximum absolute atomic E-state index is 5.67. The van der Waals surface area contributed by atoms with Crippen molar-refractivity contribution in [1.82, 2.24) is 4.98 Å². The molecule has 0 atom stereocenters. The highest BCUT2D eigenvalue weighted by atomic mass is 35.5. The first-order chi connectivity index (χ1) is 6.81. The van der Waals surface area contributed by atoms with Crippen molar-refractivity contribution >= 4 is 36.2 Å². The number of thiazole rings is 1. The summed E-state index contributed by atoms with van der Waals surface area (Å²) in [5.74, 6) is 0. The lowest BCUT2D eigenvalue weighted by atomic mass is 10.1. The molecule has 0 saturated carbocycles. The smallest absolute Gasteiger partial charge is 0.123 e. The number of nitrogens with two attached hydrogens (primary N) is 1. The maximum Gasteiger partial charge on any atom is 0.123 e. The normalized spacial score (nSPS) is 9.12. The largest absolute Gasteiger partial charge is 0.326 e. The van der Waals surface area contributed by atoms with E-state index in [1.54, 1.807) is 11.3 Å². The fourth-order valence-electron chi connectivity index (χ4n) is 1.38. The van der Waals surface area contributed by atoms with Gasteiger partial charge in [-0.2, -0.15) is 0 Å². The summed E-state index contributed by atoms with van der Waals surface area (Å²) < 4.78 is 0. The molecule has 0 fully saturated rings. The Morgan fingerprint density at radius 1 is 1.25 bits per heavy atom. The van der Waals surface area contributed by atoms with E-state index < -0.39 is 0 Å². The van der Waals surface area contributed by atoms with Crippen molar-refractivity contribution in [3.8, 4) is 10.6 Å². The average molecular weight is 277 g/mol. The Kier molecular flexibility index (Phi) is 6.60. The van der Waals surface area contributed by atoms with E-state index >= 15 is 0 Å². The Hall–Kier alpha value is -0.610. The van der Waals surface area contributed by atoms with Gasteiger partial charge in [0.2, 0.25) is 0 Å². The van der Waals surface area contributed by atoms with Crippen LogP contribution in [0.4, 0.5) is 0 Å². The fourth-order valence-corrected chi connectivity index (χ4v) is 2.24. The van der Waals surface area contributed by atoms with Crippen molar-refractivity contribution in [1.29, 1.82) is 0 Å². The van der Waals surface area contributed by atoms with Gasteiger partial charge >= 0.3 is 0 Å². The monoisotopic (exact) mass is 276 g/mol. The summed E-state index contributed by atoms with van der Waals surface area (Å²) in [4.78, 5) is 4.45. The van der Waals surface area contributed by atoms with Gasteiger partial charge in [-0.15, -0.1) is 36.2 Å². The van der Waals surface area contributed by atoms with Gasteiger partial charge in [-0.1, -0.05) is 24.3 Å². The van der Waals surface area contributed by atoms with Gasteiger partial charge in [0, 0.05) is 23.2 Å². The Bertz CT molecular complexity index is 443. The minimum absolute atomic E-state index is 0. The van der Waals surface area contributed by atoms with Crippen molar-refractivity contribution in [3.63, 3.8) is 0 Å². The molecule has 0 saturated heterocycles. The van der Waals surface area contributed by atoms with Gasteiger partial charge in [0.15, 0.2) is 0 Å². The predicted molar refractivity (Wildman–Crippen MR) is 74.7 cm³/mol. The zero-order valence-corrected chi connectivity index (χ0v) is 11.3. The summed E-state index contributed by atoms with van der Waals surface area (Å²) in [6.07, 6.45) is 0. The van der Waals surface area contributed by atoms with Gasteiger partial charge in [0.05, 0.1) is 0 Å². The van der Waals surface area contributed by atoms with Crippen LogP contribution in [0.2, 0.25) is 0 Å². The molecular formula is C11H14Cl2N2S. The summed E-state index contributed by atoms with van der Waals surface area (Å²) in [5, 5.41) is 3.12. The number of rotatable bonds is 2. The maximum atomic E-state index is 5.67. The number of aromatic nitrogens is 1. The molecule has 0 unspecified atom stereocenters. The first kappa shape index (κ1) is 15.4. The van der Waals surface area contributed by atoms with E-state index in [1.165, 1.54) is 0 Å². The van der Waals surface area contributed by atoms with Gasteiger partial charge in [-0.05, 0) is 12.5 Å². The lowest BCUT2D eigenvalue weighted by Crippen LogP contribution is -1.98. The molecule has 1 aromatic heterocycles. The lowest BCUT2D eigenvalue weighted by molar-refractivity contribution is 1.07. The van der Waals surface area contributed by atoms with Crippen molar-refractivity contribution < 1.29 is 0 Å². The zero-order chi connectivity index (χ0) is 9.97. The van der Waals surface area contributed by atoms with Gasteiger partial charge in [0.25, 0.3) is 0 Å². The second-order valence-electron chi connectivity index (χ2n) is 3.16. The van der Waals surface area contributed by atoms with Crippen LogP contribution in [0.3, 0.4) is 0 Å².